The fourth-order valence-electron chi connectivity index (χ4n) is 4.48. The monoisotopic (exact) mass is 489 g/mol. The van der Waals surface area contributed by atoms with Crippen molar-refractivity contribution in [3.05, 3.63) is 76.9 Å². The van der Waals surface area contributed by atoms with Gasteiger partial charge in [0.15, 0.2) is 0 Å². The van der Waals surface area contributed by atoms with Gasteiger partial charge < -0.3 is 19.9 Å². The van der Waals surface area contributed by atoms with Gasteiger partial charge in [0, 0.05) is 50.8 Å². The second-order valence-electron chi connectivity index (χ2n) is 9.23. The second-order valence-corrected chi connectivity index (χ2v) is 9.23. The molecule has 4 rings (SSSR count). The Kier molecular flexibility index (Phi) is 8.92. The smallest absolute Gasteiger partial charge is 0.303 e. The number of aryl methyl sites for hydroxylation is 3. The minimum absolute atomic E-state index is 0.134. The van der Waals surface area contributed by atoms with E-state index in [0.717, 1.165) is 72.0 Å². The number of benzene rings is 2. The lowest BCUT2D eigenvalue weighted by atomic mass is 9.99. The van der Waals surface area contributed by atoms with E-state index in [2.05, 4.69) is 36.2 Å². The number of ether oxygens (including phenoxy) is 2. The van der Waals surface area contributed by atoms with E-state index in [0.29, 0.717) is 25.5 Å². The van der Waals surface area contributed by atoms with Crippen LogP contribution >= 0.6 is 0 Å². The fraction of sp³-hybridized carbons (Fsp3) is 0.379. The molecular formula is C29H35N3O4. The molecule has 7 nitrogen and oxygen atoms in total. The molecule has 1 aromatic heterocycles. The Labute approximate surface area is 213 Å². The minimum Gasteiger partial charge on any atom is -0.492 e. The molecule has 0 bridgehead atoms. The quantitative estimate of drug-likeness (QED) is 0.417. The fourth-order valence-corrected chi connectivity index (χ4v) is 4.48. The zero-order valence-electron chi connectivity index (χ0n) is 21.1. The summed E-state index contributed by atoms with van der Waals surface area (Å²) in [6, 6.07) is 17.8. The van der Waals surface area contributed by atoms with E-state index in [9.17, 15) is 4.79 Å². The summed E-state index contributed by atoms with van der Waals surface area (Å²) in [6.07, 6.45) is 0.660. The Balaban J connectivity index is 1.36. The molecule has 2 N–H and O–H groups in total. The third kappa shape index (κ3) is 7.29. The van der Waals surface area contributed by atoms with E-state index in [4.69, 9.17) is 19.6 Å². The molecule has 0 spiro atoms. The number of piperazine rings is 1. The van der Waals surface area contributed by atoms with Crippen molar-refractivity contribution >= 4 is 5.97 Å². The first-order chi connectivity index (χ1) is 17.5. The third-order valence-electron chi connectivity index (χ3n) is 6.41. The molecule has 0 unspecified atom stereocenters. The maximum atomic E-state index is 10.7. The third-order valence-corrected chi connectivity index (χ3v) is 6.41. The molecule has 36 heavy (non-hydrogen) atoms. The summed E-state index contributed by atoms with van der Waals surface area (Å²) >= 11 is 0. The molecule has 2 aromatic carbocycles. The van der Waals surface area contributed by atoms with Gasteiger partial charge in [-0.05, 0) is 60.7 Å². The molecule has 2 heterocycles. The van der Waals surface area contributed by atoms with Gasteiger partial charge in [0.05, 0.1) is 5.69 Å². The highest BCUT2D eigenvalue weighted by Crippen LogP contribution is 2.31. The molecule has 7 heteroatoms. The Hall–Kier alpha value is -3.42. The van der Waals surface area contributed by atoms with E-state index >= 15 is 0 Å². The van der Waals surface area contributed by atoms with Crippen LogP contribution in [0.3, 0.4) is 0 Å². The topological polar surface area (TPSA) is 83.9 Å². The number of carboxylic acids is 1. The molecule has 0 saturated carbocycles. The number of aromatic nitrogens is 1. The average molecular weight is 490 g/mol. The van der Waals surface area contributed by atoms with Gasteiger partial charge in [-0.15, -0.1) is 0 Å². The van der Waals surface area contributed by atoms with Crippen molar-refractivity contribution in [3.63, 3.8) is 0 Å². The van der Waals surface area contributed by atoms with Gasteiger partial charge in [0.25, 0.3) is 0 Å². The predicted octanol–water partition coefficient (Wildman–Crippen LogP) is 4.25. The lowest BCUT2D eigenvalue weighted by Gasteiger charge is -2.27. The Morgan fingerprint density at radius 1 is 1.00 bits per heavy atom. The summed E-state index contributed by atoms with van der Waals surface area (Å²) in [7, 11) is 0. The first-order valence-electron chi connectivity index (χ1n) is 12.5. The number of carbonyl (C=O) groups is 1. The van der Waals surface area contributed by atoms with Crippen LogP contribution in [0.1, 0.15) is 28.7 Å². The van der Waals surface area contributed by atoms with Crippen molar-refractivity contribution < 1.29 is 19.4 Å². The number of pyridine rings is 1. The number of aliphatic carboxylic acids is 1. The number of nitrogens with one attached hydrogen (secondary N) is 1. The van der Waals surface area contributed by atoms with E-state index < -0.39 is 5.97 Å². The number of rotatable bonds is 11. The van der Waals surface area contributed by atoms with Crippen molar-refractivity contribution in [2.24, 2.45) is 0 Å². The second kappa shape index (κ2) is 12.5. The zero-order valence-corrected chi connectivity index (χ0v) is 21.1. The number of hydrogen-bond acceptors (Lipinski definition) is 6. The van der Waals surface area contributed by atoms with Crippen molar-refractivity contribution in [3.8, 4) is 22.9 Å². The van der Waals surface area contributed by atoms with Crippen molar-refractivity contribution in [2.45, 2.75) is 33.3 Å². The summed E-state index contributed by atoms with van der Waals surface area (Å²) in [5, 5.41) is 12.2. The Morgan fingerprint density at radius 2 is 1.69 bits per heavy atom. The number of nitrogens with zero attached hydrogens (tertiary/aromatic N) is 2. The Bertz CT molecular complexity index is 1130. The number of carboxylic acid groups (broad SMARTS) is 1. The molecule has 3 aromatic rings. The van der Waals surface area contributed by atoms with Crippen molar-refractivity contribution in [2.75, 3.05) is 39.3 Å². The highest BCUT2D eigenvalue weighted by Gasteiger charge is 2.13. The van der Waals surface area contributed by atoms with Crippen LogP contribution in [-0.4, -0.2) is 60.3 Å². The van der Waals surface area contributed by atoms with Crippen molar-refractivity contribution in [1.82, 2.24) is 15.2 Å². The molecule has 0 radical (unpaired) electrons. The summed E-state index contributed by atoms with van der Waals surface area (Å²) < 4.78 is 12.0. The molecule has 0 amide bonds. The zero-order chi connectivity index (χ0) is 25.3. The summed E-state index contributed by atoms with van der Waals surface area (Å²) in [6.45, 7) is 10.4. The van der Waals surface area contributed by atoms with Gasteiger partial charge in [-0.3, -0.25) is 9.69 Å². The minimum atomic E-state index is -0.785. The van der Waals surface area contributed by atoms with Crippen LogP contribution in [0.5, 0.6) is 11.6 Å². The maximum absolute atomic E-state index is 10.7. The molecule has 1 saturated heterocycles. The van der Waals surface area contributed by atoms with Crippen LogP contribution in [0.25, 0.3) is 11.3 Å². The van der Waals surface area contributed by atoms with Crippen LogP contribution in [0.2, 0.25) is 0 Å². The summed E-state index contributed by atoms with van der Waals surface area (Å²) in [5.74, 6) is 0.674. The lowest BCUT2D eigenvalue weighted by Crippen LogP contribution is -2.44. The predicted molar refractivity (Wildman–Crippen MR) is 141 cm³/mol. The summed E-state index contributed by atoms with van der Waals surface area (Å²) in [4.78, 5) is 17.9. The van der Waals surface area contributed by atoms with Crippen LogP contribution in [-0.2, 0) is 17.8 Å². The largest absolute Gasteiger partial charge is 0.492 e. The lowest BCUT2D eigenvalue weighted by molar-refractivity contribution is -0.136. The normalized spacial score (nSPS) is 13.9. The van der Waals surface area contributed by atoms with E-state index in [-0.39, 0.29) is 6.42 Å². The van der Waals surface area contributed by atoms with E-state index in [1.807, 2.05) is 42.5 Å². The molecule has 0 aliphatic carbocycles. The van der Waals surface area contributed by atoms with E-state index in [1.165, 1.54) is 0 Å². The van der Waals surface area contributed by atoms with E-state index in [1.54, 1.807) is 0 Å². The van der Waals surface area contributed by atoms with Gasteiger partial charge >= 0.3 is 5.97 Å². The summed E-state index contributed by atoms with van der Waals surface area (Å²) in [5.41, 5.74) is 6.22. The molecule has 1 aliphatic rings. The molecular weight excluding hydrogens is 454 g/mol. The number of hydrogen-bond donors (Lipinski definition) is 2. The van der Waals surface area contributed by atoms with Crippen LogP contribution in [0.4, 0.5) is 0 Å². The van der Waals surface area contributed by atoms with Crippen molar-refractivity contribution in [1.29, 1.82) is 0 Å². The maximum Gasteiger partial charge on any atom is 0.303 e. The molecule has 1 aliphatic heterocycles. The van der Waals surface area contributed by atoms with Crippen LogP contribution in [0.15, 0.2) is 54.6 Å². The van der Waals surface area contributed by atoms with Gasteiger partial charge in [0.2, 0.25) is 5.88 Å². The standard InChI is InChI=1S/C29H35N3O4/c1-21-18-25(35-17-16-32-14-12-30-13-15-32)19-22(2)29(21)26-4-3-5-27(31-26)36-20-24-8-6-23(7-9-24)10-11-28(33)34/h3-9,18-19,30H,10-17,20H2,1-2H3,(H,33,34). The highest BCUT2D eigenvalue weighted by molar-refractivity contribution is 5.69. The molecule has 1 fully saturated rings. The van der Waals surface area contributed by atoms with Gasteiger partial charge in [0.1, 0.15) is 19.0 Å². The Morgan fingerprint density at radius 3 is 2.39 bits per heavy atom. The van der Waals surface area contributed by atoms with Gasteiger partial charge in [-0.1, -0.05) is 30.3 Å². The van der Waals surface area contributed by atoms with Gasteiger partial charge in [-0.2, -0.15) is 0 Å². The molecule has 0 atom stereocenters. The van der Waals surface area contributed by atoms with Crippen LogP contribution in [0, 0.1) is 13.8 Å². The first-order valence-corrected chi connectivity index (χ1v) is 12.5. The van der Waals surface area contributed by atoms with Crippen LogP contribution < -0.4 is 14.8 Å². The average Bonchev–Trinajstić information content (AvgIpc) is 2.87. The molecule has 190 valence electrons. The van der Waals surface area contributed by atoms with Gasteiger partial charge in [-0.25, -0.2) is 4.98 Å². The first kappa shape index (κ1) is 25.7. The highest BCUT2D eigenvalue weighted by atomic mass is 16.5. The SMILES string of the molecule is Cc1cc(OCCN2CCNCC2)cc(C)c1-c1cccc(OCc2ccc(CCC(=O)O)cc2)n1.